The van der Waals surface area contributed by atoms with Gasteiger partial charge >= 0.3 is 0 Å². The Morgan fingerprint density at radius 2 is 1.70 bits per heavy atom. The molecule has 1 amide bonds. The second-order valence-electron chi connectivity index (χ2n) is 6.52. The van der Waals surface area contributed by atoms with Crippen LogP contribution in [0.25, 0.3) is 0 Å². The molecule has 2 aromatic rings. The lowest BCUT2D eigenvalue weighted by Gasteiger charge is -2.08. The van der Waals surface area contributed by atoms with Crippen LogP contribution < -0.4 is 14.8 Å². The van der Waals surface area contributed by atoms with Crippen molar-refractivity contribution in [3.63, 3.8) is 0 Å². The molecule has 0 heterocycles. The number of sulfonamides is 1. The number of anilines is 1. The van der Waals surface area contributed by atoms with Crippen molar-refractivity contribution in [1.29, 1.82) is 0 Å². The van der Waals surface area contributed by atoms with E-state index in [-0.39, 0.29) is 36.8 Å². The zero-order chi connectivity index (χ0) is 22.0. The lowest BCUT2D eigenvalue weighted by molar-refractivity contribution is -0.116. The van der Waals surface area contributed by atoms with Crippen molar-refractivity contribution in [2.45, 2.75) is 25.5 Å². The van der Waals surface area contributed by atoms with Gasteiger partial charge in [0.05, 0.1) is 12.4 Å². The smallest absolute Gasteiger partial charge is 0.224 e. The third-order valence-corrected chi connectivity index (χ3v) is 5.43. The largest absolute Gasteiger partial charge is 0.494 e. The van der Waals surface area contributed by atoms with Crippen LogP contribution in [-0.4, -0.2) is 33.3 Å². The quantitative estimate of drug-likeness (QED) is 0.397. The highest BCUT2D eigenvalue weighted by atomic mass is 32.2. The lowest BCUT2D eigenvalue weighted by Crippen LogP contribution is -2.25. The van der Waals surface area contributed by atoms with Gasteiger partial charge in [-0.05, 0) is 48.9 Å². The monoisotopic (exact) mass is 430 g/mol. The van der Waals surface area contributed by atoms with Crippen LogP contribution in [0.2, 0.25) is 0 Å². The maximum Gasteiger partial charge on any atom is 0.224 e. The normalized spacial score (nSPS) is 11.0. The molecule has 2 N–H and O–H groups in total. The molecule has 0 saturated heterocycles. The van der Waals surface area contributed by atoms with E-state index in [0.717, 1.165) is 0 Å². The Kier molecular flexibility index (Phi) is 8.76. The molecule has 0 aromatic heterocycles. The molecule has 30 heavy (non-hydrogen) atoms. The molecule has 0 atom stereocenters. The van der Waals surface area contributed by atoms with E-state index in [1.807, 2.05) is 6.92 Å². The van der Waals surface area contributed by atoms with E-state index in [1.165, 1.54) is 6.08 Å². The molecule has 0 fully saturated rings. The number of hydrogen-bond donors (Lipinski definition) is 2. The highest BCUT2D eigenvalue weighted by Gasteiger charge is 2.12. The summed E-state index contributed by atoms with van der Waals surface area (Å²) in [5.41, 5.74) is 1.66. The summed E-state index contributed by atoms with van der Waals surface area (Å²) < 4.78 is 31.5. The molecular formula is C22H26N2O5S. The molecule has 0 aliphatic rings. The predicted octanol–water partition coefficient (Wildman–Crippen LogP) is 3.29. The molecule has 0 unspecified atom stereocenters. The van der Waals surface area contributed by atoms with Gasteiger partial charge in [-0.2, -0.15) is 0 Å². The van der Waals surface area contributed by atoms with E-state index < -0.39 is 10.0 Å². The number of ketones is 1. The lowest BCUT2D eigenvalue weighted by atomic mass is 10.1. The average Bonchev–Trinajstić information content (AvgIpc) is 2.72. The van der Waals surface area contributed by atoms with Gasteiger partial charge in [-0.3, -0.25) is 9.59 Å². The maximum absolute atomic E-state index is 12.2. The standard InChI is InChI=1S/C22H26N2O5S/c1-3-15-23-30(27,28)16-17-5-9-19(10-6-17)24-22(26)14-13-21(25)18-7-11-20(12-8-18)29-4-2/h3,5-12,23H,1,4,13-16H2,2H3,(H,24,26). The topological polar surface area (TPSA) is 102 Å². The van der Waals surface area contributed by atoms with Gasteiger partial charge < -0.3 is 10.1 Å². The summed E-state index contributed by atoms with van der Waals surface area (Å²) in [6.45, 7) is 6.08. The van der Waals surface area contributed by atoms with E-state index in [9.17, 15) is 18.0 Å². The number of ether oxygens (including phenoxy) is 1. The minimum atomic E-state index is -3.44. The summed E-state index contributed by atoms with van der Waals surface area (Å²) in [6.07, 6.45) is 1.61. The van der Waals surface area contributed by atoms with Crippen LogP contribution in [0.3, 0.4) is 0 Å². The van der Waals surface area contributed by atoms with Crippen molar-refractivity contribution in [2.24, 2.45) is 0 Å². The number of Topliss-reactive ketones (excluding diaryl/α,β-unsaturated/α-hetero) is 1. The summed E-state index contributed by atoms with van der Waals surface area (Å²) in [5, 5.41) is 2.71. The SMILES string of the molecule is C=CCNS(=O)(=O)Cc1ccc(NC(=O)CCC(=O)c2ccc(OCC)cc2)cc1. The fourth-order valence-electron chi connectivity index (χ4n) is 2.64. The fourth-order valence-corrected chi connectivity index (χ4v) is 3.74. The third kappa shape index (κ3) is 7.81. The number of amides is 1. The van der Waals surface area contributed by atoms with Gasteiger partial charge in [0.15, 0.2) is 5.78 Å². The summed E-state index contributed by atoms with van der Waals surface area (Å²) in [5.74, 6) is 0.119. The van der Waals surface area contributed by atoms with Gasteiger partial charge in [0.25, 0.3) is 0 Å². The van der Waals surface area contributed by atoms with Crippen LogP contribution >= 0.6 is 0 Å². The molecule has 2 aromatic carbocycles. The molecule has 160 valence electrons. The number of carbonyl (C=O) groups excluding carboxylic acids is 2. The Balaban J connectivity index is 1.83. The summed E-state index contributed by atoms with van der Waals surface area (Å²) in [6, 6.07) is 13.3. The molecule has 0 aliphatic heterocycles. The first-order valence-electron chi connectivity index (χ1n) is 9.56. The van der Waals surface area contributed by atoms with Gasteiger partial charge in [0.1, 0.15) is 5.75 Å². The molecule has 0 saturated carbocycles. The Morgan fingerprint density at radius 3 is 2.30 bits per heavy atom. The summed E-state index contributed by atoms with van der Waals surface area (Å²) in [7, 11) is -3.44. The number of benzene rings is 2. The second-order valence-corrected chi connectivity index (χ2v) is 8.33. The summed E-state index contributed by atoms with van der Waals surface area (Å²) in [4.78, 5) is 24.4. The molecule has 2 rings (SSSR count). The molecule has 0 aliphatic carbocycles. The van der Waals surface area contributed by atoms with Crippen LogP contribution in [0.1, 0.15) is 35.7 Å². The molecule has 7 nitrogen and oxygen atoms in total. The van der Waals surface area contributed by atoms with E-state index in [2.05, 4.69) is 16.6 Å². The average molecular weight is 431 g/mol. The van der Waals surface area contributed by atoms with Crippen LogP contribution in [0.15, 0.2) is 61.2 Å². The number of hydrogen-bond acceptors (Lipinski definition) is 5. The van der Waals surface area contributed by atoms with Crippen molar-refractivity contribution in [3.8, 4) is 5.75 Å². The van der Waals surface area contributed by atoms with Crippen molar-refractivity contribution < 1.29 is 22.7 Å². The van der Waals surface area contributed by atoms with Crippen molar-refractivity contribution in [1.82, 2.24) is 4.72 Å². The van der Waals surface area contributed by atoms with Gasteiger partial charge in [0.2, 0.25) is 15.9 Å². The van der Waals surface area contributed by atoms with Gasteiger partial charge in [-0.15, -0.1) is 6.58 Å². The number of rotatable bonds is 12. The minimum Gasteiger partial charge on any atom is -0.494 e. The van der Waals surface area contributed by atoms with Gasteiger partial charge in [0, 0.05) is 30.6 Å². The predicted molar refractivity (Wildman–Crippen MR) is 117 cm³/mol. The zero-order valence-corrected chi connectivity index (χ0v) is 17.7. The maximum atomic E-state index is 12.2. The molecule has 8 heteroatoms. The minimum absolute atomic E-state index is 0.0493. The van der Waals surface area contributed by atoms with Gasteiger partial charge in [-0.25, -0.2) is 13.1 Å². The van der Waals surface area contributed by atoms with Crippen molar-refractivity contribution >= 4 is 27.4 Å². The highest BCUT2D eigenvalue weighted by molar-refractivity contribution is 7.88. The van der Waals surface area contributed by atoms with Crippen LogP contribution in [-0.2, 0) is 20.6 Å². The van der Waals surface area contributed by atoms with E-state index in [0.29, 0.717) is 29.2 Å². The van der Waals surface area contributed by atoms with E-state index in [1.54, 1.807) is 48.5 Å². The highest BCUT2D eigenvalue weighted by Crippen LogP contribution is 2.15. The van der Waals surface area contributed by atoms with Crippen molar-refractivity contribution in [3.05, 3.63) is 72.3 Å². The van der Waals surface area contributed by atoms with Gasteiger partial charge in [-0.1, -0.05) is 18.2 Å². The Labute approximate surface area is 177 Å². The fraction of sp³-hybridized carbons (Fsp3) is 0.273. The van der Waals surface area contributed by atoms with Crippen LogP contribution in [0, 0.1) is 0 Å². The van der Waals surface area contributed by atoms with Crippen LogP contribution in [0.5, 0.6) is 5.75 Å². The van der Waals surface area contributed by atoms with E-state index in [4.69, 9.17) is 4.74 Å². The molecule has 0 bridgehead atoms. The summed E-state index contributed by atoms with van der Waals surface area (Å²) >= 11 is 0. The molecular weight excluding hydrogens is 404 g/mol. The Bertz CT molecular complexity index is 968. The van der Waals surface area contributed by atoms with Crippen LogP contribution in [0.4, 0.5) is 5.69 Å². The Hall–Kier alpha value is -2.97. The first-order chi connectivity index (χ1) is 14.3. The first-order valence-corrected chi connectivity index (χ1v) is 11.2. The zero-order valence-electron chi connectivity index (χ0n) is 16.9. The third-order valence-electron chi connectivity index (χ3n) is 4.11. The first kappa shape index (κ1) is 23.3. The van der Waals surface area contributed by atoms with E-state index >= 15 is 0 Å². The number of carbonyl (C=O) groups is 2. The van der Waals surface area contributed by atoms with Crippen molar-refractivity contribution in [2.75, 3.05) is 18.5 Å². The Morgan fingerprint density at radius 1 is 1.03 bits per heavy atom. The second kappa shape index (κ2) is 11.3. The molecule has 0 spiro atoms. The molecule has 0 radical (unpaired) electrons. The number of nitrogens with one attached hydrogen (secondary N) is 2.